The van der Waals surface area contributed by atoms with Crippen molar-refractivity contribution in [3.63, 3.8) is 0 Å². The molecule has 0 aliphatic heterocycles. The lowest BCUT2D eigenvalue weighted by atomic mass is 10.00. The Morgan fingerprint density at radius 2 is 0.545 bits per heavy atom. The third kappa shape index (κ3) is 61.6. The summed E-state index contributed by atoms with van der Waals surface area (Å²) in [7, 11) is -9.90. The van der Waals surface area contributed by atoms with E-state index in [2.05, 4.69) is 55.4 Å². The van der Waals surface area contributed by atoms with Crippen LogP contribution in [0.2, 0.25) is 0 Å². The zero-order chi connectivity index (χ0) is 65.4. The molecule has 0 aliphatic carbocycles. The van der Waals surface area contributed by atoms with Crippen molar-refractivity contribution in [2.24, 2.45) is 23.7 Å². The molecule has 0 amide bonds. The van der Waals surface area contributed by atoms with E-state index in [1.807, 2.05) is 0 Å². The number of hydrogen-bond acceptors (Lipinski definition) is 15. The number of aliphatic hydroxyl groups excluding tert-OH is 1. The van der Waals surface area contributed by atoms with Gasteiger partial charge in [0, 0.05) is 25.7 Å². The summed E-state index contributed by atoms with van der Waals surface area (Å²) in [6, 6.07) is 0. The van der Waals surface area contributed by atoms with Crippen molar-refractivity contribution in [3.05, 3.63) is 0 Å². The van der Waals surface area contributed by atoms with Crippen LogP contribution in [0.15, 0.2) is 0 Å². The Labute approximate surface area is 537 Å². The van der Waals surface area contributed by atoms with Gasteiger partial charge in [-0.2, -0.15) is 0 Å². The Morgan fingerprint density at radius 1 is 0.318 bits per heavy atom. The van der Waals surface area contributed by atoms with Crippen molar-refractivity contribution < 1.29 is 80.2 Å². The van der Waals surface area contributed by atoms with Gasteiger partial charge >= 0.3 is 39.5 Å². The lowest BCUT2D eigenvalue weighted by Crippen LogP contribution is -2.30. The van der Waals surface area contributed by atoms with Crippen molar-refractivity contribution in [1.29, 1.82) is 0 Å². The lowest BCUT2D eigenvalue weighted by Gasteiger charge is -2.21. The highest BCUT2D eigenvalue weighted by Gasteiger charge is 2.30. The lowest BCUT2D eigenvalue weighted by molar-refractivity contribution is -0.161. The van der Waals surface area contributed by atoms with Gasteiger partial charge in [0.2, 0.25) is 0 Å². The van der Waals surface area contributed by atoms with E-state index >= 15 is 0 Å². The molecule has 0 aliphatic rings. The number of esters is 4. The second-order valence-electron chi connectivity index (χ2n) is 26.6. The van der Waals surface area contributed by atoms with E-state index in [0.29, 0.717) is 31.6 Å². The highest BCUT2D eigenvalue weighted by molar-refractivity contribution is 7.47. The normalized spacial score (nSPS) is 14.6. The fourth-order valence-corrected chi connectivity index (χ4v) is 11.9. The van der Waals surface area contributed by atoms with Crippen molar-refractivity contribution in [3.8, 4) is 0 Å². The minimum Gasteiger partial charge on any atom is -0.462 e. The Morgan fingerprint density at radius 3 is 0.807 bits per heavy atom. The first kappa shape index (κ1) is 86.1. The number of hydrogen-bond donors (Lipinski definition) is 3. The SMILES string of the molecule is CCC(C)CCCCCCCCC(=O)OC[C@H](COP(=O)(O)OC[C@H](O)COP(=O)(O)OC[C@@H](COC(=O)CCCCCCCCC(C)C)OC(=O)CCCCCCCCCCCC(C)C)OC(=O)CCCCCCCCCCCCCCCCC(C)C. The van der Waals surface area contributed by atoms with Crippen molar-refractivity contribution in [1.82, 2.24) is 0 Å². The van der Waals surface area contributed by atoms with Gasteiger partial charge in [-0.1, -0.05) is 287 Å². The monoisotopic (exact) mass is 1300 g/mol. The predicted molar refractivity (Wildman–Crippen MR) is 354 cm³/mol. The van der Waals surface area contributed by atoms with Crippen LogP contribution in [-0.4, -0.2) is 96.7 Å². The second-order valence-corrected chi connectivity index (χ2v) is 29.5. The summed E-state index contributed by atoms with van der Waals surface area (Å²) in [4.78, 5) is 72.4. The number of aliphatic hydroxyl groups is 1. The van der Waals surface area contributed by atoms with Crippen LogP contribution in [-0.2, 0) is 65.4 Å². The number of carbonyl (C=O) groups excluding carboxylic acids is 4. The maximum absolute atomic E-state index is 13.0. The summed E-state index contributed by atoms with van der Waals surface area (Å²) in [6.45, 7) is 14.0. The van der Waals surface area contributed by atoms with Crippen LogP contribution in [0, 0.1) is 23.7 Å². The first-order chi connectivity index (χ1) is 42.1. The summed E-state index contributed by atoms with van der Waals surface area (Å²) >= 11 is 0. The van der Waals surface area contributed by atoms with Crippen LogP contribution in [0.3, 0.4) is 0 Å². The third-order valence-corrected chi connectivity index (χ3v) is 18.1. The topological polar surface area (TPSA) is 237 Å². The van der Waals surface area contributed by atoms with E-state index in [1.165, 1.54) is 128 Å². The molecule has 0 saturated carbocycles. The number of phosphoric acid groups is 2. The second kappa shape index (κ2) is 58.8. The van der Waals surface area contributed by atoms with Gasteiger partial charge in [0.15, 0.2) is 12.2 Å². The summed E-state index contributed by atoms with van der Waals surface area (Å²) in [5.41, 5.74) is 0. The maximum atomic E-state index is 13.0. The molecular formula is C69H134O17P2. The standard InChI is InChI=1S/C69H134O17P2/c1-9-62(8)48-40-32-26-28-34-42-50-67(72)80-56-65(85-68(73)51-43-35-23-19-15-13-11-10-12-14-17-21-29-37-45-59(2)3)58-84-88(77,78)82-54-63(70)53-81-87(75,76)83-57-64(55-79-66(71)49-41-33-27-25-31-39-47-61(6)7)86-69(74)52-44-36-24-20-16-18-22-30-38-46-60(4)5/h59-65,70H,9-58H2,1-8H3,(H,75,76)(H,77,78)/t62?,63-,64-,65-/m1/s1. The summed E-state index contributed by atoms with van der Waals surface area (Å²) in [5.74, 6) is 0.808. The van der Waals surface area contributed by atoms with Gasteiger partial charge in [-0.25, -0.2) is 9.13 Å². The summed E-state index contributed by atoms with van der Waals surface area (Å²) in [6.07, 6.45) is 40.5. The molecular weight excluding hydrogens is 1160 g/mol. The molecule has 6 atom stereocenters. The van der Waals surface area contributed by atoms with Crippen LogP contribution in [0.4, 0.5) is 0 Å². The van der Waals surface area contributed by atoms with Gasteiger partial charge in [-0.05, 0) is 49.4 Å². The third-order valence-electron chi connectivity index (χ3n) is 16.2. The fourth-order valence-electron chi connectivity index (χ4n) is 10.3. The molecule has 3 N–H and O–H groups in total. The fraction of sp³-hybridized carbons (Fsp3) is 0.942. The van der Waals surface area contributed by atoms with Gasteiger partial charge in [-0.15, -0.1) is 0 Å². The molecule has 0 aromatic rings. The molecule has 88 heavy (non-hydrogen) atoms. The largest absolute Gasteiger partial charge is 0.472 e. The first-order valence-electron chi connectivity index (χ1n) is 35.7. The van der Waals surface area contributed by atoms with Gasteiger partial charge in [0.05, 0.1) is 26.4 Å². The molecule has 3 unspecified atom stereocenters. The van der Waals surface area contributed by atoms with Crippen LogP contribution in [0.1, 0.15) is 338 Å². The highest BCUT2D eigenvalue weighted by Crippen LogP contribution is 2.45. The number of carbonyl (C=O) groups is 4. The van der Waals surface area contributed by atoms with E-state index in [1.54, 1.807) is 0 Å². The molecule has 522 valence electrons. The smallest absolute Gasteiger partial charge is 0.462 e. The molecule has 0 aromatic carbocycles. The number of ether oxygens (including phenoxy) is 4. The van der Waals surface area contributed by atoms with Gasteiger partial charge in [-0.3, -0.25) is 37.3 Å². The minimum atomic E-state index is -4.95. The van der Waals surface area contributed by atoms with E-state index in [4.69, 9.17) is 37.0 Å². The van der Waals surface area contributed by atoms with Gasteiger partial charge < -0.3 is 33.8 Å². The molecule has 0 radical (unpaired) electrons. The van der Waals surface area contributed by atoms with Crippen LogP contribution < -0.4 is 0 Å². The Bertz CT molecular complexity index is 1750. The quantitative estimate of drug-likeness (QED) is 0.0222. The molecule has 0 fully saturated rings. The zero-order valence-corrected chi connectivity index (χ0v) is 59.1. The molecule has 0 spiro atoms. The Hall–Kier alpha value is -1.94. The molecule has 0 aromatic heterocycles. The van der Waals surface area contributed by atoms with Crippen LogP contribution in [0.25, 0.3) is 0 Å². The van der Waals surface area contributed by atoms with E-state index in [0.717, 1.165) is 120 Å². The average Bonchev–Trinajstić information content (AvgIpc) is 3.59. The van der Waals surface area contributed by atoms with Gasteiger partial charge in [0.1, 0.15) is 19.3 Å². The Kier molecular flexibility index (Phi) is 57.6. The van der Waals surface area contributed by atoms with Crippen molar-refractivity contribution in [2.45, 2.75) is 356 Å². The van der Waals surface area contributed by atoms with E-state index in [9.17, 15) is 43.2 Å². The first-order valence-corrected chi connectivity index (χ1v) is 38.7. The van der Waals surface area contributed by atoms with Crippen molar-refractivity contribution in [2.75, 3.05) is 39.6 Å². The van der Waals surface area contributed by atoms with E-state index in [-0.39, 0.29) is 25.7 Å². The molecule has 0 rings (SSSR count). The van der Waals surface area contributed by atoms with Crippen LogP contribution in [0.5, 0.6) is 0 Å². The number of phosphoric ester groups is 2. The maximum Gasteiger partial charge on any atom is 0.472 e. The number of rotatable bonds is 66. The Balaban J connectivity index is 5.23. The van der Waals surface area contributed by atoms with E-state index < -0.39 is 97.5 Å². The van der Waals surface area contributed by atoms with Crippen LogP contribution >= 0.6 is 15.6 Å². The summed E-state index contributed by atoms with van der Waals surface area (Å²) < 4.78 is 68.2. The average molecular weight is 1300 g/mol. The predicted octanol–water partition coefficient (Wildman–Crippen LogP) is 19.3. The highest BCUT2D eigenvalue weighted by atomic mass is 31.2. The summed E-state index contributed by atoms with van der Waals surface area (Å²) in [5, 5.41) is 10.6. The van der Waals surface area contributed by atoms with Gasteiger partial charge in [0.25, 0.3) is 0 Å². The molecule has 19 heteroatoms. The molecule has 17 nitrogen and oxygen atoms in total. The zero-order valence-electron chi connectivity index (χ0n) is 57.3. The molecule has 0 heterocycles. The molecule has 0 bridgehead atoms. The number of unbranched alkanes of at least 4 members (excludes halogenated alkanes) is 31. The van der Waals surface area contributed by atoms with Crippen molar-refractivity contribution >= 4 is 39.5 Å². The molecule has 0 saturated heterocycles. The minimum absolute atomic E-state index is 0.104.